The first-order valence-electron chi connectivity index (χ1n) is 8.45. The average Bonchev–Trinajstić information content (AvgIpc) is 3.24. The summed E-state index contributed by atoms with van der Waals surface area (Å²) in [5.74, 6) is -0.872. The van der Waals surface area contributed by atoms with Gasteiger partial charge in [-0.3, -0.25) is 14.2 Å². The van der Waals surface area contributed by atoms with Crippen molar-refractivity contribution in [1.82, 2.24) is 29.6 Å². The molecule has 0 radical (unpaired) electrons. The van der Waals surface area contributed by atoms with E-state index < -0.39 is 11.4 Å². The Labute approximate surface area is 158 Å². The van der Waals surface area contributed by atoms with Crippen LogP contribution in [-0.4, -0.2) is 30.2 Å². The van der Waals surface area contributed by atoms with Crippen LogP contribution in [0.3, 0.4) is 0 Å². The summed E-state index contributed by atoms with van der Waals surface area (Å²) >= 11 is 0. The third-order valence-corrected chi connectivity index (χ3v) is 4.21. The van der Waals surface area contributed by atoms with Crippen LogP contribution >= 0.6 is 0 Å². The van der Waals surface area contributed by atoms with E-state index in [0.29, 0.717) is 12.1 Å². The molecule has 0 aliphatic rings. The maximum atomic E-state index is 13.4. The highest BCUT2D eigenvalue weighted by molar-refractivity contribution is 5.79. The fourth-order valence-electron chi connectivity index (χ4n) is 2.76. The summed E-state index contributed by atoms with van der Waals surface area (Å²) in [6.45, 7) is 0.107. The molecule has 0 saturated heterocycles. The summed E-state index contributed by atoms with van der Waals surface area (Å²) in [7, 11) is 0. The summed E-state index contributed by atoms with van der Waals surface area (Å²) in [4.78, 5) is 32.6. The van der Waals surface area contributed by atoms with Crippen LogP contribution in [0.1, 0.15) is 5.56 Å². The molecule has 4 aromatic rings. The Morgan fingerprint density at radius 2 is 1.93 bits per heavy atom. The second kappa shape index (κ2) is 7.39. The molecule has 8 nitrogen and oxygen atoms in total. The molecule has 1 N–H and O–H groups in total. The largest absolute Gasteiger partial charge is 0.350 e. The van der Waals surface area contributed by atoms with Crippen molar-refractivity contribution in [1.29, 1.82) is 0 Å². The van der Waals surface area contributed by atoms with Crippen molar-refractivity contribution in [2.45, 2.75) is 13.1 Å². The number of carbonyl (C=O) groups is 1. The molecule has 0 aliphatic carbocycles. The van der Waals surface area contributed by atoms with Crippen molar-refractivity contribution >= 4 is 16.8 Å². The number of halogens is 1. The number of rotatable bonds is 5. The molecule has 0 fully saturated rings. The Morgan fingerprint density at radius 1 is 1.11 bits per heavy atom. The highest BCUT2D eigenvalue weighted by atomic mass is 19.1. The molecule has 1 amide bonds. The number of amides is 1. The van der Waals surface area contributed by atoms with Crippen LogP contribution in [0.25, 0.3) is 16.6 Å². The first-order chi connectivity index (χ1) is 13.6. The monoisotopic (exact) mass is 378 g/mol. The molecular weight excluding hydrogens is 363 g/mol. The van der Waals surface area contributed by atoms with Gasteiger partial charge in [-0.1, -0.05) is 12.1 Å². The van der Waals surface area contributed by atoms with Gasteiger partial charge in [-0.15, -0.1) is 0 Å². The predicted octanol–water partition coefficient (Wildman–Crippen LogP) is 1.43. The van der Waals surface area contributed by atoms with Crippen LogP contribution < -0.4 is 10.9 Å². The maximum Gasteiger partial charge on any atom is 0.261 e. The molecule has 0 bridgehead atoms. The normalized spacial score (nSPS) is 10.9. The van der Waals surface area contributed by atoms with E-state index in [1.165, 1.54) is 24.8 Å². The third-order valence-electron chi connectivity index (χ3n) is 4.21. The van der Waals surface area contributed by atoms with Crippen molar-refractivity contribution in [3.8, 4) is 5.69 Å². The van der Waals surface area contributed by atoms with Gasteiger partial charge < -0.3 is 5.32 Å². The standard InChI is InChI=1S/C19H15FN6O2/c20-14-3-6-17-16(7-14)19(28)25(12-23-17)9-18(27)22-8-13-1-4-15(5-2-13)26-11-21-10-24-26/h1-7,10-12H,8-9H2,(H,22,27). The molecule has 2 aromatic carbocycles. The van der Waals surface area contributed by atoms with Crippen molar-refractivity contribution in [3.05, 3.63) is 83.2 Å². The Hall–Kier alpha value is -3.88. The number of carbonyl (C=O) groups excluding carboxylic acids is 1. The number of nitrogens with zero attached hydrogens (tertiary/aromatic N) is 5. The van der Waals surface area contributed by atoms with Gasteiger partial charge in [0.2, 0.25) is 5.91 Å². The quantitative estimate of drug-likeness (QED) is 0.567. The zero-order valence-corrected chi connectivity index (χ0v) is 14.6. The molecule has 2 aromatic heterocycles. The smallest absolute Gasteiger partial charge is 0.261 e. The summed E-state index contributed by atoms with van der Waals surface area (Å²) in [5.41, 5.74) is 1.67. The van der Waals surface area contributed by atoms with Gasteiger partial charge in [-0.2, -0.15) is 5.10 Å². The van der Waals surface area contributed by atoms with E-state index in [-0.39, 0.29) is 17.8 Å². The lowest BCUT2D eigenvalue weighted by Gasteiger charge is -2.09. The second-order valence-corrected chi connectivity index (χ2v) is 6.12. The van der Waals surface area contributed by atoms with Crippen molar-refractivity contribution in [3.63, 3.8) is 0 Å². The van der Waals surface area contributed by atoms with E-state index in [1.54, 1.807) is 11.0 Å². The van der Waals surface area contributed by atoms with Crippen LogP contribution in [0, 0.1) is 5.82 Å². The van der Waals surface area contributed by atoms with Gasteiger partial charge in [0.25, 0.3) is 5.56 Å². The predicted molar refractivity (Wildman–Crippen MR) is 99.2 cm³/mol. The Balaban J connectivity index is 1.41. The van der Waals surface area contributed by atoms with Gasteiger partial charge in [0.15, 0.2) is 0 Å². The van der Waals surface area contributed by atoms with E-state index in [0.717, 1.165) is 21.9 Å². The molecule has 0 saturated carbocycles. The topological polar surface area (TPSA) is 94.7 Å². The van der Waals surface area contributed by atoms with Crippen LogP contribution in [-0.2, 0) is 17.9 Å². The van der Waals surface area contributed by atoms with E-state index in [1.807, 2.05) is 24.3 Å². The van der Waals surface area contributed by atoms with Crippen LogP contribution in [0.5, 0.6) is 0 Å². The molecule has 140 valence electrons. The van der Waals surface area contributed by atoms with E-state index >= 15 is 0 Å². The summed E-state index contributed by atoms with van der Waals surface area (Å²) in [6, 6.07) is 11.2. The van der Waals surface area contributed by atoms with Gasteiger partial charge >= 0.3 is 0 Å². The molecule has 4 rings (SSSR count). The van der Waals surface area contributed by atoms with E-state index in [4.69, 9.17) is 0 Å². The number of nitrogens with one attached hydrogen (secondary N) is 1. The van der Waals surface area contributed by atoms with Gasteiger partial charge in [0.05, 0.1) is 22.9 Å². The van der Waals surface area contributed by atoms with Gasteiger partial charge in [-0.25, -0.2) is 19.0 Å². The molecular formula is C19H15FN6O2. The SMILES string of the molecule is O=C(Cn1cnc2ccc(F)cc2c1=O)NCc1ccc(-n2cncn2)cc1. The second-order valence-electron chi connectivity index (χ2n) is 6.12. The van der Waals surface area contributed by atoms with Crippen LogP contribution in [0.4, 0.5) is 4.39 Å². The van der Waals surface area contributed by atoms with E-state index in [2.05, 4.69) is 20.4 Å². The summed E-state index contributed by atoms with van der Waals surface area (Å²) in [5, 5.41) is 6.94. The summed E-state index contributed by atoms with van der Waals surface area (Å²) in [6.07, 6.45) is 4.33. The molecule has 0 aliphatic heterocycles. The van der Waals surface area contributed by atoms with Crippen molar-refractivity contribution < 1.29 is 9.18 Å². The lowest BCUT2D eigenvalue weighted by molar-refractivity contribution is -0.121. The Kier molecular flexibility index (Phi) is 4.63. The molecule has 0 unspecified atom stereocenters. The number of fused-ring (bicyclic) bond motifs is 1. The van der Waals surface area contributed by atoms with Crippen molar-refractivity contribution in [2.24, 2.45) is 0 Å². The summed E-state index contributed by atoms with van der Waals surface area (Å²) < 4.78 is 16.2. The minimum Gasteiger partial charge on any atom is -0.350 e. The molecule has 28 heavy (non-hydrogen) atoms. The highest BCUT2D eigenvalue weighted by Crippen LogP contribution is 2.09. The Morgan fingerprint density at radius 3 is 2.68 bits per heavy atom. The number of benzene rings is 2. The van der Waals surface area contributed by atoms with Gasteiger partial charge in [0, 0.05) is 6.54 Å². The number of hydrogen-bond donors (Lipinski definition) is 1. The number of hydrogen-bond acceptors (Lipinski definition) is 5. The average molecular weight is 378 g/mol. The maximum absolute atomic E-state index is 13.4. The number of aromatic nitrogens is 5. The lowest BCUT2D eigenvalue weighted by Crippen LogP contribution is -2.32. The van der Waals surface area contributed by atoms with Crippen LogP contribution in [0.2, 0.25) is 0 Å². The van der Waals surface area contributed by atoms with Crippen molar-refractivity contribution in [2.75, 3.05) is 0 Å². The molecule has 0 spiro atoms. The fraction of sp³-hybridized carbons (Fsp3) is 0.105. The minimum absolute atomic E-state index is 0.138. The van der Waals surface area contributed by atoms with Gasteiger partial charge in [-0.05, 0) is 35.9 Å². The van der Waals surface area contributed by atoms with E-state index in [9.17, 15) is 14.0 Å². The highest BCUT2D eigenvalue weighted by Gasteiger charge is 2.09. The fourth-order valence-corrected chi connectivity index (χ4v) is 2.76. The van der Waals surface area contributed by atoms with Crippen LogP contribution in [0.15, 0.2) is 66.2 Å². The first kappa shape index (κ1) is 17.5. The van der Waals surface area contributed by atoms with Gasteiger partial charge in [0.1, 0.15) is 25.0 Å². The third kappa shape index (κ3) is 3.63. The minimum atomic E-state index is -0.525. The molecule has 9 heteroatoms. The molecule has 2 heterocycles. The molecule has 0 atom stereocenters. The zero-order valence-electron chi connectivity index (χ0n) is 14.6. The lowest BCUT2D eigenvalue weighted by atomic mass is 10.2. The zero-order chi connectivity index (χ0) is 19.5. The Bertz CT molecular complexity index is 1190. The first-order valence-corrected chi connectivity index (χ1v) is 8.45.